The van der Waals surface area contributed by atoms with Gasteiger partial charge in [0.15, 0.2) is 5.84 Å². The van der Waals surface area contributed by atoms with Crippen LogP contribution in [0.5, 0.6) is 5.75 Å². The first-order valence-electron chi connectivity index (χ1n) is 12.0. The lowest BCUT2D eigenvalue weighted by atomic mass is 9.88. The van der Waals surface area contributed by atoms with E-state index in [0.29, 0.717) is 18.3 Å². The number of hydrogen-bond acceptors (Lipinski definition) is 5. The van der Waals surface area contributed by atoms with E-state index in [2.05, 4.69) is 58.5 Å². The minimum absolute atomic E-state index is 0.182. The molecule has 0 aliphatic carbocycles. The maximum atomic E-state index is 6.59. The molecule has 0 radical (unpaired) electrons. The fourth-order valence-electron chi connectivity index (χ4n) is 4.92. The van der Waals surface area contributed by atoms with Gasteiger partial charge in [0, 0.05) is 12.1 Å². The van der Waals surface area contributed by atoms with Crippen molar-refractivity contribution in [2.24, 2.45) is 16.8 Å². The first kappa shape index (κ1) is 23.8. The number of piperidine rings is 1. The van der Waals surface area contributed by atoms with Crippen molar-refractivity contribution >= 4 is 5.84 Å². The Morgan fingerprint density at radius 3 is 2.24 bits per heavy atom. The van der Waals surface area contributed by atoms with Crippen molar-refractivity contribution in [3.05, 3.63) is 102 Å². The minimum Gasteiger partial charge on any atom is -0.496 e. The molecular formula is C28H35N5O. The van der Waals surface area contributed by atoms with E-state index in [0.717, 1.165) is 43.7 Å². The minimum atomic E-state index is -0.182. The summed E-state index contributed by atoms with van der Waals surface area (Å²) in [6.45, 7) is 2.47. The lowest BCUT2D eigenvalue weighted by Gasteiger charge is -2.40. The number of para-hydroxylation sites is 1. The van der Waals surface area contributed by atoms with Gasteiger partial charge in [0.05, 0.1) is 7.11 Å². The molecule has 0 saturated carbocycles. The summed E-state index contributed by atoms with van der Waals surface area (Å²) in [4.78, 5) is 2.44. The third-order valence-electron chi connectivity index (χ3n) is 6.75. The number of nitrogens with two attached hydrogens (primary N) is 2. The zero-order chi connectivity index (χ0) is 23.8. The van der Waals surface area contributed by atoms with Gasteiger partial charge in [-0.3, -0.25) is 9.91 Å². The van der Waals surface area contributed by atoms with Gasteiger partial charge in [-0.2, -0.15) is 5.10 Å². The average molecular weight is 458 g/mol. The van der Waals surface area contributed by atoms with Crippen LogP contribution in [0.2, 0.25) is 0 Å². The van der Waals surface area contributed by atoms with E-state index >= 15 is 0 Å². The maximum Gasteiger partial charge on any atom is 0.160 e. The van der Waals surface area contributed by atoms with Crippen molar-refractivity contribution in [2.75, 3.05) is 26.7 Å². The number of nitrogens with zero attached hydrogens (tertiary/aromatic N) is 3. The highest BCUT2D eigenvalue weighted by atomic mass is 16.5. The standard InChI is InChI=1S/C28H35N5O/c1-34-26-15-9-8-14-25(26)27(28(31-29)33(30)21-16-22-10-4-2-5-11-22)32-19-17-24(18-20-32)23-12-6-3-7-13-23/h2-15,24,27H,16-21,29-30H2,1H3/b31-28-. The molecule has 178 valence electrons. The molecule has 1 atom stereocenters. The molecule has 1 aliphatic rings. The van der Waals surface area contributed by atoms with Crippen LogP contribution in [0.1, 0.15) is 41.5 Å². The average Bonchev–Trinajstić information content (AvgIpc) is 2.91. The second kappa shape index (κ2) is 11.7. The largest absolute Gasteiger partial charge is 0.496 e. The molecule has 1 fully saturated rings. The highest BCUT2D eigenvalue weighted by molar-refractivity contribution is 5.88. The first-order valence-corrected chi connectivity index (χ1v) is 12.0. The Morgan fingerprint density at radius 1 is 0.971 bits per heavy atom. The molecule has 1 unspecified atom stereocenters. The Labute approximate surface area is 202 Å². The zero-order valence-electron chi connectivity index (χ0n) is 19.9. The van der Waals surface area contributed by atoms with Crippen LogP contribution in [-0.4, -0.2) is 42.5 Å². The van der Waals surface area contributed by atoms with Gasteiger partial charge in [-0.25, -0.2) is 5.84 Å². The third-order valence-corrected chi connectivity index (χ3v) is 6.75. The molecule has 6 heteroatoms. The summed E-state index contributed by atoms with van der Waals surface area (Å²) < 4.78 is 5.73. The summed E-state index contributed by atoms with van der Waals surface area (Å²) in [6.07, 6.45) is 2.95. The monoisotopic (exact) mass is 457 g/mol. The normalized spacial score (nSPS) is 16.2. The predicted molar refractivity (Wildman–Crippen MR) is 138 cm³/mol. The van der Waals surface area contributed by atoms with Crippen LogP contribution >= 0.6 is 0 Å². The molecule has 0 spiro atoms. The Bertz CT molecular complexity index is 1050. The van der Waals surface area contributed by atoms with Crippen molar-refractivity contribution in [3.63, 3.8) is 0 Å². The molecule has 6 nitrogen and oxygen atoms in total. The topological polar surface area (TPSA) is 80.1 Å². The smallest absolute Gasteiger partial charge is 0.160 e. The van der Waals surface area contributed by atoms with E-state index in [4.69, 9.17) is 16.4 Å². The quantitative estimate of drug-likeness (QED) is 0.228. The second-order valence-corrected chi connectivity index (χ2v) is 8.78. The second-order valence-electron chi connectivity index (χ2n) is 8.78. The lowest BCUT2D eigenvalue weighted by Crippen LogP contribution is -2.49. The molecule has 4 N–H and O–H groups in total. The number of hydrazone groups is 1. The molecule has 1 aliphatic heterocycles. The van der Waals surface area contributed by atoms with Crippen molar-refractivity contribution in [1.29, 1.82) is 0 Å². The van der Waals surface area contributed by atoms with Gasteiger partial charge in [-0.1, -0.05) is 78.9 Å². The van der Waals surface area contributed by atoms with Gasteiger partial charge in [-0.05, 0) is 55.5 Å². The van der Waals surface area contributed by atoms with E-state index in [1.807, 2.05) is 36.4 Å². The lowest BCUT2D eigenvalue weighted by molar-refractivity contribution is 0.175. The molecule has 1 heterocycles. The predicted octanol–water partition coefficient (Wildman–Crippen LogP) is 4.31. The molecule has 3 aromatic rings. The Balaban J connectivity index is 1.56. The first-order chi connectivity index (χ1) is 16.7. The zero-order valence-corrected chi connectivity index (χ0v) is 19.9. The molecule has 0 aromatic heterocycles. The van der Waals surface area contributed by atoms with Crippen molar-refractivity contribution in [3.8, 4) is 5.75 Å². The van der Waals surface area contributed by atoms with Gasteiger partial charge < -0.3 is 10.6 Å². The van der Waals surface area contributed by atoms with E-state index < -0.39 is 0 Å². The van der Waals surface area contributed by atoms with Crippen LogP contribution in [0.15, 0.2) is 90.0 Å². The number of ether oxygens (including phenoxy) is 1. The van der Waals surface area contributed by atoms with Crippen molar-refractivity contribution in [2.45, 2.75) is 31.2 Å². The van der Waals surface area contributed by atoms with Gasteiger partial charge in [0.2, 0.25) is 0 Å². The number of benzene rings is 3. The Kier molecular flexibility index (Phi) is 8.17. The van der Waals surface area contributed by atoms with Gasteiger partial charge in [0.25, 0.3) is 0 Å². The van der Waals surface area contributed by atoms with E-state index in [-0.39, 0.29) is 6.04 Å². The van der Waals surface area contributed by atoms with Crippen LogP contribution in [0, 0.1) is 0 Å². The summed E-state index contributed by atoms with van der Waals surface area (Å²) in [7, 11) is 1.70. The van der Waals surface area contributed by atoms with E-state index in [9.17, 15) is 0 Å². The van der Waals surface area contributed by atoms with Crippen molar-refractivity contribution < 1.29 is 4.74 Å². The van der Waals surface area contributed by atoms with Crippen LogP contribution in [0.3, 0.4) is 0 Å². The number of amidine groups is 1. The third kappa shape index (κ3) is 5.58. The fourth-order valence-corrected chi connectivity index (χ4v) is 4.92. The number of methoxy groups -OCH3 is 1. The van der Waals surface area contributed by atoms with E-state index in [1.54, 1.807) is 12.1 Å². The number of hydrogen-bond donors (Lipinski definition) is 2. The number of hydrazine groups is 1. The highest BCUT2D eigenvalue weighted by Crippen LogP contribution is 2.36. The summed E-state index contributed by atoms with van der Waals surface area (Å²) in [5, 5.41) is 5.93. The fraction of sp³-hybridized carbons (Fsp3) is 0.321. The summed E-state index contributed by atoms with van der Waals surface area (Å²) in [6, 6.07) is 29.0. The molecule has 4 rings (SSSR count). The molecule has 34 heavy (non-hydrogen) atoms. The molecule has 3 aromatic carbocycles. The van der Waals surface area contributed by atoms with E-state index in [1.165, 1.54) is 11.1 Å². The SMILES string of the molecule is COc1ccccc1C(/C(=N/N)N(N)CCc1ccccc1)N1CCC(c2ccccc2)CC1. The van der Waals surface area contributed by atoms with Gasteiger partial charge in [-0.15, -0.1) is 0 Å². The van der Waals surface area contributed by atoms with Crippen LogP contribution in [0.25, 0.3) is 0 Å². The molecule has 0 bridgehead atoms. The Morgan fingerprint density at radius 2 is 1.59 bits per heavy atom. The van der Waals surface area contributed by atoms with Crippen molar-refractivity contribution in [1.82, 2.24) is 9.91 Å². The van der Waals surface area contributed by atoms with Gasteiger partial charge >= 0.3 is 0 Å². The maximum absolute atomic E-state index is 6.59. The summed E-state index contributed by atoms with van der Waals surface area (Å²) in [5.74, 6) is 14.6. The molecule has 0 amide bonds. The Hall–Kier alpha value is -3.35. The highest BCUT2D eigenvalue weighted by Gasteiger charge is 2.34. The van der Waals surface area contributed by atoms with Gasteiger partial charge in [0.1, 0.15) is 11.8 Å². The van der Waals surface area contributed by atoms with Crippen LogP contribution in [-0.2, 0) is 6.42 Å². The number of rotatable bonds is 8. The van der Waals surface area contributed by atoms with Crippen LogP contribution in [0.4, 0.5) is 0 Å². The molecule has 1 saturated heterocycles. The molecular weight excluding hydrogens is 422 g/mol. The summed E-state index contributed by atoms with van der Waals surface area (Å²) >= 11 is 0. The number of likely N-dealkylation sites (tertiary alicyclic amines) is 1. The summed E-state index contributed by atoms with van der Waals surface area (Å²) in [5.41, 5.74) is 3.67. The van der Waals surface area contributed by atoms with Crippen LogP contribution < -0.4 is 16.4 Å².